The zero-order valence-electron chi connectivity index (χ0n) is 8.20. The third-order valence-corrected chi connectivity index (χ3v) is 3.49. The lowest BCUT2D eigenvalue weighted by molar-refractivity contribution is 1.04. The average molecular weight is 331 g/mol. The third-order valence-electron chi connectivity index (χ3n) is 2.02. The highest BCUT2D eigenvalue weighted by Crippen LogP contribution is 2.14. The van der Waals surface area contributed by atoms with E-state index < -0.39 is 0 Å². The van der Waals surface area contributed by atoms with Gasteiger partial charge < -0.3 is 5.32 Å². The maximum Gasteiger partial charge on any atom is 0.222 e. The van der Waals surface area contributed by atoms with E-state index in [1.54, 1.807) is 23.7 Å². The molecule has 0 fully saturated rings. The number of rotatable bonds is 3. The summed E-state index contributed by atoms with van der Waals surface area (Å²) in [6.45, 7) is 2.90. The van der Waals surface area contributed by atoms with Gasteiger partial charge in [0.1, 0.15) is 0 Å². The number of nitrogens with zero attached hydrogens (tertiary/aromatic N) is 2. The van der Waals surface area contributed by atoms with Crippen molar-refractivity contribution in [2.24, 2.45) is 0 Å². The van der Waals surface area contributed by atoms with Crippen LogP contribution in [-0.4, -0.2) is 9.97 Å². The van der Waals surface area contributed by atoms with Crippen LogP contribution in [0.1, 0.15) is 11.1 Å². The highest BCUT2D eigenvalue weighted by Gasteiger charge is 2.00. The molecular weight excluding hydrogens is 321 g/mol. The van der Waals surface area contributed by atoms with Gasteiger partial charge in [0.15, 0.2) is 0 Å². The summed E-state index contributed by atoms with van der Waals surface area (Å²) in [5.41, 5.74) is 2.63. The summed E-state index contributed by atoms with van der Waals surface area (Å²) >= 11 is 3.91. The summed E-state index contributed by atoms with van der Waals surface area (Å²) in [7, 11) is 0. The van der Waals surface area contributed by atoms with Crippen molar-refractivity contribution in [2.45, 2.75) is 13.5 Å². The molecule has 0 aromatic carbocycles. The second-order valence-electron chi connectivity index (χ2n) is 3.16. The monoisotopic (exact) mass is 331 g/mol. The van der Waals surface area contributed by atoms with E-state index in [1.165, 1.54) is 11.1 Å². The number of hydrogen-bond donors (Lipinski definition) is 1. The molecule has 1 N–H and O–H groups in total. The van der Waals surface area contributed by atoms with Crippen LogP contribution in [0.2, 0.25) is 0 Å². The Hall–Kier alpha value is -0.690. The molecule has 5 heteroatoms. The topological polar surface area (TPSA) is 37.8 Å². The minimum Gasteiger partial charge on any atom is -0.350 e. The SMILES string of the molecule is Cc1cscc1CNc1ncc(I)cn1. The molecule has 15 heavy (non-hydrogen) atoms. The Bertz CT molecular complexity index is 438. The van der Waals surface area contributed by atoms with Gasteiger partial charge in [-0.2, -0.15) is 11.3 Å². The molecule has 0 bridgehead atoms. The minimum absolute atomic E-state index is 0.681. The van der Waals surface area contributed by atoms with Gasteiger partial charge in [0, 0.05) is 22.5 Å². The van der Waals surface area contributed by atoms with E-state index in [-0.39, 0.29) is 0 Å². The normalized spacial score (nSPS) is 10.3. The number of aryl methyl sites for hydroxylation is 1. The van der Waals surface area contributed by atoms with Gasteiger partial charge in [-0.1, -0.05) is 0 Å². The third kappa shape index (κ3) is 2.88. The number of halogens is 1. The molecule has 0 saturated heterocycles. The van der Waals surface area contributed by atoms with E-state index >= 15 is 0 Å². The first kappa shape index (κ1) is 10.8. The number of anilines is 1. The highest BCUT2D eigenvalue weighted by molar-refractivity contribution is 14.1. The lowest BCUT2D eigenvalue weighted by Crippen LogP contribution is -2.03. The van der Waals surface area contributed by atoms with Gasteiger partial charge in [-0.05, 0) is 51.4 Å². The molecular formula is C10H10IN3S. The van der Waals surface area contributed by atoms with Crippen LogP contribution >= 0.6 is 33.9 Å². The average Bonchev–Trinajstić information content (AvgIpc) is 2.63. The summed E-state index contributed by atoms with van der Waals surface area (Å²) in [5, 5.41) is 7.49. The molecule has 0 atom stereocenters. The van der Waals surface area contributed by atoms with Crippen LogP contribution in [0.15, 0.2) is 23.2 Å². The van der Waals surface area contributed by atoms with Gasteiger partial charge >= 0.3 is 0 Å². The standard InChI is InChI=1S/C10H10IN3S/c1-7-5-15-6-8(7)2-12-10-13-3-9(11)4-14-10/h3-6H,2H2,1H3,(H,12,13,14). The first-order valence-electron chi connectivity index (χ1n) is 4.49. The van der Waals surface area contributed by atoms with E-state index in [0.29, 0.717) is 5.95 Å². The first-order chi connectivity index (χ1) is 7.25. The van der Waals surface area contributed by atoms with Gasteiger partial charge in [0.25, 0.3) is 0 Å². The smallest absolute Gasteiger partial charge is 0.222 e. The number of nitrogens with one attached hydrogen (secondary N) is 1. The Kier molecular flexibility index (Phi) is 3.53. The molecule has 2 aromatic heterocycles. The van der Waals surface area contributed by atoms with E-state index in [9.17, 15) is 0 Å². The lowest BCUT2D eigenvalue weighted by Gasteiger charge is -2.03. The van der Waals surface area contributed by atoms with Crippen molar-refractivity contribution in [3.63, 3.8) is 0 Å². The first-order valence-corrected chi connectivity index (χ1v) is 6.51. The quantitative estimate of drug-likeness (QED) is 0.879. The predicted octanol–water partition coefficient (Wildman–Crippen LogP) is 3.06. The van der Waals surface area contributed by atoms with Crippen molar-refractivity contribution >= 4 is 39.9 Å². The van der Waals surface area contributed by atoms with Gasteiger partial charge in [0.2, 0.25) is 5.95 Å². The van der Waals surface area contributed by atoms with Gasteiger partial charge in [0.05, 0.1) is 0 Å². The molecule has 0 radical (unpaired) electrons. The molecule has 78 valence electrons. The molecule has 0 aliphatic rings. The molecule has 0 saturated carbocycles. The Labute approximate surface area is 106 Å². The summed E-state index contributed by atoms with van der Waals surface area (Å²) in [5.74, 6) is 0.681. The Balaban J connectivity index is 1.99. The molecule has 0 spiro atoms. The second kappa shape index (κ2) is 4.89. The zero-order valence-corrected chi connectivity index (χ0v) is 11.2. The molecule has 0 unspecified atom stereocenters. The molecule has 0 aliphatic carbocycles. The largest absolute Gasteiger partial charge is 0.350 e. The fourth-order valence-electron chi connectivity index (χ4n) is 1.15. The Morgan fingerprint density at radius 1 is 1.33 bits per heavy atom. The molecule has 2 aromatic rings. The summed E-state index contributed by atoms with van der Waals surface area (Å²) < 4.78 is 1.05. The fraction of sp³-hybridized carbons (Fsp3) is 0.200. The van der Waals surface area contributed by atoms with Crippen LogP contribution in [0.25, 0.3) is 0 Å². The van der Waals surface area contributed by atoms with Crippen LogP contribution in [0, 0.1) is 10.5 Å². The molecule has 2 rings (SSSR count). The fourth-order valence-corrected chi connectivity index (χ4v) is 2.28. The summed E-state index contributed by atoms with van der Waals surface area (Å²) in [6.07, 6.45) is 3.60. The second-order valence-corrected chi connectivity index (χ2v) is 5.15. The highest BCUT2D eigenvalue weighted by atomic mass is 127. The van der Waals surface area contributed by atoms with Crippen molar-refractivity contribution in [1.29, 1.82) is 0 Å². The summed E-state index contributed by atoms with van der Waals surface area (Å²) in [4.78, 5) is 8.36. The number of aromatic nitrogens is 2. The molecule has 3 nitrogen and oxygen atoms in total. The van der Waals surface area contributed by atoms with E-state index in [2.05, 4.69) is 55.6 Å². The van der Waals surface area contributed by atoms with Crippen molar-refractivity contribution in [3.05, 3.63) is 37.9 Å². The number of hydrogen-bond acceptors (Lipinski definition) is 4. The van der Waals surface area contributed by atoms with Gasteiger partial charge in [-0.15, -0.1) is 0 Å². The van der Waals surface area contributed by atoms with Crippen molar-refractivity contribution < 1.29 is 0 Å². The predicted molar refractivity (Wildman–Crippen MR) is 71.1 cm³/mol. The number of thiophene rings is 1. The summed E-state index contributed by atoms with van der Waals surface area (Å²) in [6, 6.07) is 0. The molecule has 0 amide bonds. The van der Waals surface area contributed by atoms with E-state index in [0.717, 1.165) is 10.1 Å². The van der Waals surface area contributed by atoms with Gasteiger partial charge in [-0.3, -0.25) is 0 Å². The maximum atomic E-state index is 4.18. The van der Waals surface area contributed by atoms with Crippen LogP contribution in [0.5, 0.6) is 0 Å². The molecule has 0 aliphatic heterocycles. The lowest BCUT2D eigenvalue weighted by atomic mass is 10.2. The van der Waals surface area contributed by atoms with Crippen LogP contribution in [0.3, 0.4) is 0 Å². The van der Waals surface area contributed by atoms with Crippen LogP contribution in [0.4, 0.5) is 5.95 Å². The van der Waals surface area contributed by atoms with E-state index in [4.69, 9.17) is 0 Å². The minimum atomic E-state index is 0.681. The van der Waals surface area contributed by atoms with Crippen molar-refractivity contribution in [2.75, 3.05) is 5.32 Å². The van der Waals surface area contributed by atoms with E-state index in [1.807, 2.05) is 0 Å². The maximum absolute atomic E-state index is 4.18. The van der Waals surface area contributed by atoms with Gasteiger partial charge in [-0.25, -0.2) is 9.97 Å². The Morgan fingerprint density at radius 3 is 2.67 bits per heavy atom. The molecule has 2 heterocycles. The zero-order chi connectivity index (χ0) is 10.7. The Morgan fingerprint density at radius 2 is 2.07 bits per heavy atom. The van der Waals surface area contributed by atoms with Crippen LogP contribution < -0.4 is 5.32 Å². The van der Waals surface area contributed by atoms with Crippen LogP contribution in [-0.2, 0) is 6.54 Å². The van der Waals surface area contributed by atoms with Crippen molar-refractivity contribution in [1.82, 2.24) is 9.97 Å². The van der Waals surface area contributed by atoms with Crippen molar-refractivity contribution in [3.8, 4) is 0 Å².